The number of aromatic nitrogens is 1. The van der Waals surface area contributed by atoms with Gasteiger partial charge in [0.25, 0.3) is 0 Å². The zero-order valence-corrected chi connectivity index (χ0v) is 10.4. The van der Waals surface area contributed by atoms with Crippen molar-refractivity contribution in [2.75, 3.05) is 13.2 Å². The summed E-state index contributed by atoms with van der Waals surface area (Å²) < 4.78 is 9.82. The third-order valence-corrected chi connectivity index (χ3v) is 2.03. The molecule has 0 amide bonds. The van der Waals surface area contributed by atoms with Gasteiger partial charge in [0.1, 0.15) is 11.8 Å². The second kappa shape index (κ2) is 7.21. The maximum atomic E-state index is 12.1. The van der Waals surface area contributed by atoms with Crippen LogP contribution in [0.2, 0.25) is 0 Å². The summed E-state index contributed by atoms with van der Waals surface area (Å²) in [6, 6.07) is 3.20. The van der Waals surface area contributed by atoms with Gasteiger partial charge in [-0.05, 0) is 26.0 Å². The second-order valence-electron chi connectivity index (χ2n) is 3.28. The summed E-state index contributed by atoms with van der Waals surface area (Å²) >= 11 is 0. The molecule has 0 aliphatic heterocycles. The van der Waals surface area contributed by atoms with Crippen molar-refractivity contribution in [3.05, 3.63) is 41.9 Å². The number of carbonyl (C=O) groups is 2. The Morgan fingerprint density at radius 2 is 2.11 bits per heavy atom. The van der Waals surface area contributed by atoms with Crippen LogP contribution in [-0.2, 0) is 14.3 Å². The van der Waals surface area contributed by atoms with Crippen molar-refractivity contribution in [1.29, 1.82) is 0 Å². The molecule has 1 heterocycles. The highest BCUT2D eigenvalue weighted by Crippen LogP contribution is 2.09. The fourth-order valence-corrected chi connectivity index (χ4v) is 1.22. The van der Waals surface area contributed by atoms with E-state index in [1.54, 1.807) is 32.2 Å². The molecule has 0 aliphatic carbocycles. The molecule has 1 aromatic heterocycles. The normalized spacial score (nSPS) is 10.9. The Morgan fingerprint density at radius 1 is 1.33 bits per heavy atom. The van der Waals surface area contributed by atoms with Gasteiger partial charge in [-0.25, -0.2) is 4.79 Å². The van der Waals surface area contributed by atoms with E-state index < -0.39 is 11.8 Å². The molecule has 0 spiro atoms. The lowest BCUT2D eigenvalue weighted by Gasteiger charge is -2.06. The topological polar surface area (TPSA) is 65.5 Å². The van der Waals surface area contributed by atoms with Gasteiger partial charge in [-0.2, -0.15) is 0 Å². The van der Waals surface area contributed by atoms with Crippen LogP contribution in [0.15, 0.2) is 36.4 Å². The number of carbonyl (C=O) groups excluding carboxylic acids is 2. The van der Waals surface area contributed by atoms with E-state index in [0.717, 1.165) is 6.26 Å². The van der Waals surface area contributed by atoms with Crippen LogP contribution >= 0.6 is 0 Å². The first-order valence-electron chi connectivity index (χ1n) is 5.64. The quantitative estimate of drug-likeness (QED) is 0.192. The largest absolute Gasteiger partial charge is 0.500 e. The molecule has 1 aromatic rings. The minimum Gasteiger partial charge on any atom is -0.500 e. The second-order valence-corrected chi connectivity index (χ2v) is 3.28. The van der Waals surface area contributed by atoms with Crippen molar-refractivity contribution in [1.82, 2.24) is 4.98 Å². The van der Waals surface area contributed by atoms with Gasteiger partial charge in [-0.3, -0.25) is 9.78 Å². The van der Waals surface area contributed by atoms with Crippen LogP contribution < -0.4 is 0 Å². The predicted octanol–water partition coefficient (Wildman–Crippen LogP) is 1.75. The SMILES string of the molecule is CCO/C=C(\C(=O)OCC)C(=O)c1cccnc1. The molecule has 0 aliphatic rings. The number of ketones is 1. The third-order valence-electron chi connectivity index (χ3n) is 2.03. The summed E-state index contributed by atoms with van der Waals surface area (Å²) in [5.74, 6) is -1.16. The van der Waals surface area contributed by atoms with E-state index in [4.69, 9.17) is 9.47 Å². The van der Waals surface area contributed by atoms with E-state index in [0.29, 0.717) is 12.2 Å². The Bertz CT molecular complexity index is 440. The molecule has 18 heavy (non-hydrogen) atoms. The van der Waals surface area contributed by atoms with Gasteiger partial charge in [0.2, 0.25) is 5.78 Å². The lowest BCUT2D eigenvalue weighted by Crippen LogP contribution is -2.17. The van der Waals surface area contributed by atoms with E-state index in [1.807, 2.05) is 0 Å². The fraction of sp³-hybridized carbons (Fsp3) is 0.308. The van der Waals surface area contributed by atoms with Crippen molar-refractivity contribution >= 4 is 11.8 Å². The molecule has 5 nitrogen and oxygen atoms in total. The van der Waals surface area contributed by atoms with Gasteiger partial charge in [0, 0.05) is 18.0 Å². The molecule has 0 aromatic carbocycles. The minimum absolute atomic E-state index is 0.133. The Labute approximate surface area is 105 Å². The van der Waals surface area contributed by atoms with E-state index in [-0.39, 0.29) is 12.2 Å². The molecule has 5 heteroatoms. The molecule has 0 fully saturated rings. The molecule has 0 saturated carbocycles. The first-order valence-corrected chi connectivity index (χ1v) is 5.64. The number of ether oxygens (including phenoxy) is 2. The van der Waals surface area contributed by atoms with Crippen molar-refractivity contribution in [2.45, 2.75) is 13.8 Å². The highest BCUT2D eigenvalue weighted by atomic mass is 16.5. The lowest BCUT2D eigenvalue weighted by molar-refractivity contribution is -0.138. The van der Waals surface area contributed by atoms with Crippen LogP contribution in [0.25, 0.3) is 0 Å². The van der Waals surface area contributed by atoms with E-state index >= 15 is 0 Å². The number of hydrogen-bond donors (Lipinski definition) is 0. The van der Waals surface area contributed by atoms with Gasteiger partial charge in [-0.1, -0.05) is 0 Å². The standard InChI is InChI=1S/C13H15NO4/c1-3-17-9-11(13(16)18-4-2)12(15)10-6-5-7-14-8-10/h5-9H,3-4H2,1-2H3/b11-9-. The van der Waals surface area contributed by atoms with E-state index in [2.05, 4.69) is 4.98 Å². The minimum atomic E-state index is -0.695. The number of esters is 1. The van der Waals surface area contributed by atoms with Crippen molar-refractivity contribution in [3.8, 4) is 0 Å². The predicted molar refractivity (Wildman–Crippen MR) is 64.9 cm³/mol. The van der Waals surface area contributed by atoms with Gasteiger partial charge in [0.15, 0.2) is 0 Å². The molecule has 0 atom stereocenters. The average Bonchev–Trinajstić information content (AvgIpc) is 2.40. The maximum Gasteiger partial charge on any atom is 0.345 e. The summed E-state index contributed by atoms with van der Waals surface area (Å²) in [5.41, 5.74) is 0.184. The zero-order valence-electron chi connectivity index (χ0n) is 10.4. The molecule has 96 valence electrons. The molecule has 0 saturated heterocycles. The number of rotatable bonds is 6. The molecule has 0 bridgehead atoms. The van der Waals surface area contributed by atoms with Crippen LogP contribution in [0.1, 0.15) is 24.2 Å². The van der Waals surface area contributed by atoms with Crippen molar-refractivity contribution in [3.63, 3.8) is 0 Å². The molecular formula is C13H15NO4. The Balaban J connectivity index is 2.97. The average molecular weight is 249 g/mol. The molecule has 0 N–H and O–H groups in total. The molecule has 0 radical (unpaired) electrons. The molecular weight excluding hydrogens is 234 g/mol. The van der Waals surface area contributed by atoms with Gasteiger partial charge >= 0.3 is 5.97 Å². The maximum absolute atomic E-state index is 12.1. The smallest absolute Gasteiger partial charge is 0.345 e. The van der Waals surface area contributed by atoms with Gasteiger partial charge in [-0.15, -0.1) is 0 Å². The van der Waals surface area contributed by atoms with Crippen LogP contribution in [0.5, 0.6) is 0 Å². The molecule has 0 unspecified atom stereocenters. The van der Waals surface area contributed by atoms with Gasteiger partial charge in [0.05, 0.1) is 13.2 Å². The summed E-state index contributed by atoms with van der Waals surface area (Å²) in [5, 5.41) is 0. The van der Waals surface area contributed by atoms with Gasteiger partial charge < -0.3 is 9.47 Å². The number of Topliss-reactive ketones (excluding diaryl/α,β-unsaturated/α-hetero) is 1. The lowest BCUT2D eigenvalue weighted by atomic mass is 10.1. The zero-order chi connectivity index (χ0) is 13.4. The Hall–Kier alpha value is -2.17. The first kappa shape index (κ1) is 13.9. The Kier molecular flexibility index (Phi) is 5.57. The van der Waals surface area contributed by atoms with Crippen molar-refractivity contribution < 1.29 is 19.1 Å². The number of pyridine rings is 1. The van der Waals surface area contributed by atoms with E-state index in [1.165, 1.54) is 6.20 Å². The first-order chi connectivity index (χ1) is 8.70. The summed E-state index contributed by atoms with van der Waals surface area (Å²) in [6.07, 6.45) is 4.07. The Morgan fingerprint density at radius 3 is 2.67 bits per heavy atom. The summed E-state index contributed by atoms with van der Waals surface area (Å²) in [7, 11) is 0. The van der Waals surface area contributed by atoms with Crippen molar-refractivity contribution in [2.24, 2.45) is 0 Å². The summed E-state index contributed by atoms with van der Waals surface area (Å²) in [4.78, 5) is 27.6. The number of nitrogens with zero attached hydrogens (tertiary/aromatic N) is 1. The third kappa shape index (κ3) is 3.69. The molecule has 1 rings (SSSR count). The van der Waals surface area contributed by atoms with Crippen LogP contribution in [0.3, 0.4) is 0 Å². The van der Waals surface area contributed by atoms with Crippen LogP contribution in [0.4, 0.5) is 0 Å². The number of hydrogen-bond acceptors (Lipinski definition) is 5. The van der Waals surface area contributed by atoms with Crippen LogP contribution in [-0.4, -0.2) is 30.0 Å². The monoisotopic (exact) mass is 249 g/mol. The summed E-state index contributed by atoms with van der Waals surface area (Å²) in [6.45, 7) is 3.99. The van der Waals surface area contributed by atoms with E-state index in [9.17, 15) is 9.59 Å². The highest BCUT2D eigenvalue weighted by Gasteiger charge is 2.21. The highest BCUT2D eigenvalue weighted by molar-refractivity contribution is 6.23. The fourth-order valence-electron chi connectivity index (χ4n) is 1.22. The van der Waals surface area contributed by atoms with Crippen LogP contribution in [0, 0.1) is 0 Å².